The molecular weight excluding hydrogens is 595 g/mol. The van der Waals surface area contributed by atoms with Crippen molar-refractivity contribution in [1.29, 1.82) is 5.26 Å². The van der Waals surface area contributed by atoms with Crippen molar-refractivity contribution in [3.8, 4) is 34.0 Å². The highest BCUT2D eigenvalue weighted by atomic mass is 15.2. The molecule has 0 radical (unpaired) electrons. The number of hydrogen-bond donors (Lipinski definition) is 0. The van der Waals surface area contributed by atoms with Gasteiger partial charge >= 0.3 is 0 Å². The summed E-state index contributed by atoms with van der Waals surface area (Å²) in [6.07, 6.45) is 0. The Morgan fingerprint density at radius 3 is 1.80 bits per heavy atom. The number of para-hydroxylation sites is 5. The first kappa shape index (κ1) is 28.8. The van der Waals surface area contributed by atoms with Crippen molar-refractivity contribution in [3.63, 3.8) is 0 Å². The highest BCUT2D eigenvalue weighted by molar-refractivity contribution is 6.09. The normalized spacial score (nSPS) is 13.2. The molecule has 0 atom stereocenters. The minimum Gasteiger partial charge on any atom is -0.310 e. The molecule has 0 saturated carbocycles. The monoisotopic (exact) mass is 627 g/mol. The molecule has 8 aromatic rings. The van der Waals surface area contributed by atoms with E-state index in [-0.39, 0.29) is 5.41 Å². The summed E-state index contributed by atoms with van der Waals surface area (Å²) in [4.78, 5) is 2.36. The number of fused-ring (bicyclic) bond motifs is 5. The molecule has 0 fully saturated rings. The summed E-state index contributed by atoms with van der Waals surface area (Å²) in [5, 5.41) is 13.0. The van der Waals surface area contributed by atoms with Gasteiger partial charge in [0.15, 0.2) is 0 Å². The van der Waals surface area contributed by atoms with Crippen molar-refractivity contribution in [3.05, 3.63) is 180 Å². The number of benzene rings is 7. The second kappa shape index (κ2) is 11.1. The third-order valence-electron chi connectivity index (χ3n) is 10.2. The van der Waals surface area contributed by atoms with Crippen LogP contribution in [0.1, 0.15) is 30.5 Å². The van der Waals surface area contributed by atoms with E-state index in [1.165, 1.54) is 27.6 Å². The van der Waals surface area contributed by atoms with Crippen LogP contribution in [0.2, 0.25) is 0 Å². The van der Waals surface area contributed by atoms with Crippen molar-refractivity contribution >= 4 is 38.9 Å². The fraction of sp³-hybridized carbons (Fsp3) is 0.0652. The Balaban J connectivity index is 1.18. The van der Waals surface area contributed by atoms with Crippen LogP contribution in [0.5, 0.6) is 0 Å². The maximum Gasteiger partial charge on any atom is 0.0998 e. The number of aromatic nitrogens is 1. The van der Waals surface area contributed by atoms with Crippen LogP contribution in [0, 0.1) is 11.3 Å². The van der Waals surface area contributed by atoms with Crippen molar-refractivity contribution in [2.45, 2.75) is 19.3 Å². The average Bonchev–Trinajstić information content (AvgIpc) is 3.49. The molecule has 49 heavy (non-hydrogen) atoms. The standard InChI is InChI=1S/C46H33N3/c1-46(2)39-19-9-13-23-44(39)48(34-14-4-3-5-15-34)45-27-25-32(29-40(45)46)35-26-24-31(28-33(35)30-47)36-16-6-10-20-41(36)49-42-21-11-7-17-37(42)38-18-8-12-22-43(38)49/h3-29H,1-2H3. The molecule has 2 heterocycles. The molecule has 0 spiro atoms. The number of nitrogens with zero attached hydrogens (tertiary/aromatic N) is 3. The summed E-state index contributed by atoms with van der Waals surface area (Å²) in [6, 6.07) is 60.5. The van der Waals surface area contributed by atoms with Gasteiger partial charge in [0.25, 0.3) is 0 Å². The van der Waals surface area contributed by atoms with Gasteiger partial charge in [-0.2, -0.15) is 5.26 Å². The van der Waals surface area contributed by atoms with E-state index >= 15 is 0 Å². The lowest BCUT2D eigenvalue weighted by molar-refractivity contribution is 0.632. The molecule has 232 valence electrons. The van der Waals surface area contributed by atoms with Crippen molar-refractivity contribution in [2.24, 2.45) is 0 Å². The minimum absolute atomic E-state index is 0.235. The molecule has 1 aliphatic rings. The Kier molecular flexibility index (Phi) is 6.54. The average molecular weight is 628 g/mol. The van der Waals surface area contributed by atoms with Gasteiger partial charge in [-0.3, -0.25) is 0 Å². The van der Waals surface area contributed by atoms with Gasteiger partial charge in [0.1, 0.15) is 0 Å². The Labute approximate surface area is 286 Å². The first-order valence-corrected chi connectivity index (χ1v) is 16.8. The lowest BCUT2D eigenvalue weighted by atomic mass is 9.72. The van der Waals surface area contributed by atoms with Crippen LogP contribution >= 0.6 is 0 Å². The molecule has 3 nitrogen and oxygen atoms in total. The van der Waals surface area contributed by atoms with Gasteiger partial charge < -0.3 is 9.47 Å². The summed E-state index contributed by atoms with van der Waals surface area (Å²) in [5.41, 5.74) is 13.9. The van der Waals surface area contributed by atoms with Gasteiger partial charge in [0.05, 0.1) is 39.7 Å². The number of anilines is 3. The zero-order chi connectivity index (χ0) is 33.1. The van der Waals surface area contributed by atoms with Gasteiger partial charge in [-0.1, -0.05) is 123 Å². The molecule has 0 bridgehead atoms. The maximum absolute atomic E-state index is 10.6. The second-order valence-corrected chi connectivity index (χ2v) is 13.3. The SMILES string of the molecule is CC1(C)c2ccccc2N(c2ccccc2)c2ccc(-c3ccc(-c4ccccc4-n4c5ccccc5c5ccccc54)cc3C#N)cc21. The third kappa shape index (κ3) is 4.42. The lowest BCUT2D eigenvalue weighted by Gasteiger charge is -2.42. The first-order valence-electron chi connectivity index (χ1n) is 16.8. The molecule has 1 aliphatic heterocycles. The van der Waals surface area contributed by atoms with Crippen molar-refractivity contribution < 1.29 is 0 Å². The smallest absolute Gasteiger partial charge is 0.0998 e. The molecule has 9 rings (SSSR count). The molecule has 0 saturated heterocycles. The van der Waals surface area contributed by atoms with Crippen LogP contribution < -0.4 is 4.90 Å². The molecule has 1 aromatic heterocycles. The zero-order valence-electron chi connectivity index (χ0n) is 27.4. The topological polar surface area (TPSA) is 32.0 Å². The second-order valence-electron chi connectivity index (χ2n) is 13.3. The van der Waals surface area contributed by atoms with E-state index in [0.29, 0.717) is 5.56 Å². The Hall–Kier alpha value is -6.37. The van der Waals surface area contributed by atoms with Crippen LogP contribution in [-0.2, 0) is 5.41 Å². The molecule has 3 heteroatoms. The Morgan fingerprint density at radius 2 is 1.06 bits per heavy atom. The minimum atomic E-state index is -0.235. The highest BCUT2D eigenvalue weighted by Gasteiger charge is 2.37. The summed E-state index contributed by atoms with van der Waals surface area (Å²) < 4.78 is 2.35. The first-order chi connectivity index (χ1) is 24.0. The van der Waals surface area contributed by atoms with Gasteiger partial charge in [-0.15, -0.1) is 0 Å². The van der Waals surface area contributed by atoms with Crippen LogP contribution in [-0.4, -0.2) is 4.57 Å². The largest absolute Gasteiger partial charge is 0.310 e. The van der Waals surface area contributed by atoms with Gasteiger partial charge in [0.2, 0.25) is 0 Å². The number of hydrogen-bond acceptors (Lipinski definition) is 2. The Bertz CT molecular complexity index is 2550. The zero-order valence-corrected chi connectivity index (χ0v) is 27.4. The van der Waals surface area contributed by atoms with E-state index in [0.717, 1.165) is 50.3 Å². The van der Waals surface area contributed by atoms with Crippen LogP contribution in [0.25, 0.3) is 49.7 Å². The Morgan fingerprint density at radius 1 is 0.490 bits per heavy atom. The van der Waals surface area contributed by atoms with Crippen LogP contribution in [0.3, 0.4) is 0 Å². The fourth-order valence-corrected chi connectivity index (χ4v) is 7.88. The molecule has 0 aliphatic carbocycles. The van der Waals surface area contributed by atoms with E-state index in [9.17, 15) is 5.26 Å². The fourth-order valence-electron chi connectivity index (χ4n) is 7.88. The van der Waals surface area contributed by atoms with E-state index in [2.05, 4.69) is 193 Å². The molecule has 0 unspecified atom stereocenters. The highest BCUT2D eigenvalue weighted by Crippen LogP contribution is 2.52. The molecule has 0 amide bonds. The van der Waals surface area contributed by atoms with Gasteiger partial charge in [-0.25, -0.2) is 0 Å². The van der Waals surface area contributed by atoms with E-state index in [4.69, 9.17) is 0 Å². The predicted molar refractivity (Wildman–Crippen MR) is 203 cm³/mol. The summed E-state index contributed by atoms with van der Waals surface area (Å²) >= 11 is 0. The van der Waals surface area contributed by atoms with Gasteiger partial charge in [0, 0.05) is 27.4 Å². The van der Waals surface area contributed by atoms with E-state index in [1.807, 2.05) is 0 Å². The molecule has 7 aromatic carbocycles. The van der Waals surface area contributed by atoms with Crippen LogP contribution in [0.15, 0.2) is 164 Å². The van der Waals surface area contributed by atoms with Crippen molar-refractivity contribution in [1.82, 2.24) is 4.57 Å². The quantitative estimate of drug-likeness (QED) is 0.194. The van der Waals surface area contributed by atoms with Crippen LogP contribution in [0.4, 0.5) is 17.1 Å². The van der Waals surface area contributed by atoms with E-state index < -0.39 is 0 Å². The maximum atomic E-state index is 10.6. The number of nitriles is 1. The van der Waals surface area contributed by atoms with Crippen molar-refractivity contribution in [2.75, 3.05) is 4.90 Å². The predicted octanol–water partition coefficient (Wildman–Crippen LogP) is 12.1. The van der Waals surface area contributed by atoms with Gasteiger partial charge in [-0.05, 0) is 82.4 Å². The molecular formula is C46H33N3. The summed E-state index contributed by atoms with van der Waals surface area (Å²) in [6.45, 7) is 4.60. The number of rotatable bonds is 4. The summed E-state index contributed by atoms with van der Waals surface area (Å²) in [5.74, 6) is 0. The molecule has 0 N–H and O–H groups in total. The van der Waals surface area contributed by atoms with E-state index in [1.54, 1.807) is 0 Å². The third-order valence-corrected chi connectivity index (χ3v) is 10.2. The lowest BCUT2D eigenvalue weighted by Crippen LogP contribution is -2.30. The summed E-state index contributed by atoms with van der Waals surface area (Å²) in [7, 11) is 0.